The number of hydrogen-bond acceptors (Lipinski definition) is 2. The molecule has 0 saturated carbocycles. The molecule has 1 aromatic heterocycles. The fourth-order valence-corrected chi connectivity index (χ4v) is 0.784. The fourth-order valence-electron chi connectivity index (χ4n) is 0.784. The van der Waals surface area contributed by atoms with Gasteiger partial charge in [-0.25, -0.2) is 0 Å². The molecule has 7 heteroatoms. The largest absolute Gasteiger partial charge is 0.573 e. The van der Waals surface area contributed by atoms with Crippen molar-refractivity contribution in [3.63, 3.8) is 0 Å². The predicted octanol–water partition coefficient (Wildman–Crippen LogP) is 1.72. The first-order valence-corrected chi connectivity index (χ1v) is 3.45. The molecule has 0 bridgehead atoms. The van der Waals surface area contributed by atoms with Crippen LogP contribution in [0.5, 0.6) is 5.75 Å². The lowest BCUT2D eigenvalue weighted by Gasteiger charge is -2.09. The molecule has 1 rings (SSSR count). The minimum absolute atomic E-state index is 0.0642. The Hall–Kier alpha value is -1.53. The van der Waals surface area contributed by atoms with E-state index in [9.17, 15) is 22.4 Å². The first-order valence-electron chi connectivity index (χ1n) is 3.45. The van der Waals surface area contributed by atoms with E-state index in [0.717, 1.165) is 0 Å². The van der Waals surface area contributed by atoms with Crippen molar-refractivity contribution in [3.8, 4) is 5.75 Å². The van der Waals surface area contributed by atoms with Crippen LogP contribution in [0.1, 0.15) is 5.56 Å². The van der Waals surface area contributed by atoms with Crippen molar-refractivity contribution in [3.05, 3.63) is 27.9 Å². The van der Waals surface area contributed by atoms with Gasteiger partial charge in [-0.2, -0.15) is 4.39 Å². The monoisotopic (exact) mass is 211 g/mol. The third-order valence-electron chi connectivity index (χ3n) is 1.37. The van der Waals surface area contributed by atoms with Crippen LogP contribution in [0.3, 0.4) is 0 Å². The highest BCUT2D eigenvalue weighted by Gasteiger charge is 2.32. The molecule has 3 nitrogen and oxygen atoms in total. The highest BCUT2D eigenvalue weighted by molar-refractivity contribution is 5.24. The van der Waals surface area contributed by atoms with Crippen molar-refractivity contribution in [1.29, 1.82) is 0 Å². The van der Waals surface area contributed by atoms with E-state index in [1.807, 2.05) is 0 Å². The van der Waals surface area contributed by atoms with Crippen LogP contribution in [-0.2, 0) is 0 Å². The summed E-state index contributed by atoms with van der Waals surface area (Å²) in [5.41, 5.74) is -0.859. The molecule has 0 aliphatic carbocycles. The summed E-state index contributed by atoms with van der Waals surface area (Å²) in [5.74, 6) is -2.49. The number of aromatic amines is 1. The van der Waals surface area contributed by atoms with Gasteiger partial charge in [-0.15, -0.1) is 13.2 Å². The molecule has 78 valence electrons. The molecule has 0 spiro atoms. The van der Waals surface area contributed by atoms with Crippen LogP contribution in [0, 0.1) is 12.9 Å². The number of ether oxygens (including phenoxy) is 1. The summed E-state index contributed by atoms with van der Waals surface area (Å²) < 4.78 is 51.0. The van der Waals surface area contributed by atoms with E-state index in [1.54, 1.807) is 4.98 Å². The van der Waals surface area contributed by atoms with Crippen LogP contribution >= 0.6 is 0 Å². The van der Waals surface area contributed by atoms with E-state index in [-0.39, 0.29) is 5.56 Å². The molecule has 1 N–H and O–H groups in total. The summed E-state index contributed by atoms with van der Waals surface area (Å²) in [6.07, 6.45) is -4.98. The molecular weight excluding hydrogens is 206 g/mol. The van der Waals surface area contributed by atoms with Crippen molar-refractivity contribution >= 4 is 0 Å². The Kier molecular flexibility index (Phi) is 2.50. The zero-order valence-electron chi connectivity index (χ0n) is 6.91. The van der Waals surface area contributed by atoms with E-state index in [1.165, 1.54) is 6.92 Å². The van der Waals surface area contributed by atoms with Crippen LogP contribution in [0.15, 0.2) is 10.9 Å². The molecule has 0 unspecified atom stereocenters. The number of nitrogens with one attached hydrogen (secondary N) is 1. The molecule has 0 aromatic carbocycles. The molecule has 0 radical (unpaired) electrons. The second kappa shape index (κ2) is 3.32. The van der Waals surface area contributed by atoms with Gasteiger partial charge in [0.25, 0.3) is 5.56 Å². The Morgan fingerprint density at radius 3 is 2.50 bits per heavy atom. The van der Waals surface area contributed by atoms with Crippen LogP contribution < -0.4 is 10.3 Å². The van der Waals surface area contributed by atoms with E-state index in [4.69, 9.17) is 0 Å². The molecule has 0 aliphatic rings. The minimum Gasteiger partial charge on any atom is -0.401 e. The van der Waals surface area contributed by atoms with Crippen molar-refractivity contribution in [2.75, 3.05) is 0 Å². The maximum atomic E-state index is 12.7. The number of aryl methyl sites for hydroxylation is 1. The lowest BCUT2D eigenvalue weighted by molar-refractivity contribution is -0.275. The SMILES string of the molecule is Cc1cc(OC(F)(F)F)c(F)[nH]c1=O. The number of rotatable bonds is 1. The molecule has 0 atom stereocenters. The number of aromatic nitrogens is 1. The van der Waals surface area contributed by atoms with E-state index in [0.29, 0.717) is 6.07 Å². The third kappa shape index (κ3) is 2.48. The Morgan fingerprint density at radius 2 is 2.00 bits per heavy atom. The molecule has 1 aromatic rings. The average molecular weight is 211 g/mol. The van der Waals surface area contributed by atoms with Gasteiger partial charge in [-0.1, -0.05) is 0 Å². The Morgan fingerprint density at radius 1 is 1.43 bits per heavy atom. The maximum absolute atomic E-state index is 12.7. The zero-order chi connectivity index (χ0) is 10.9. The van der Waals surface area contributed by atoms with Crippen molar-refractivity contribution in [2.24, 2.45) is 0 Å². The summed E-state index contributed by atoms with van der Waals surface area (Å²) in [7, 11) is 0. The quantitative estimate of drug-likeness (QED) is 0.567. The van der Waals surface area contributed by atoms with Gasteiger partial charge in [0, 0.05) is 5.56 Å². The van der Waals surface area contributed by atoms with Crippen LogP contribution in [0.2, 0.25) is 0 Å². The van der Waals surface area contributed by atoms with Gasteiger partial charge in [0.15, 0.2) is 5.75 Å². The highest BCUT2D eigenvalue weighted by Crippen LogP contribution is 2.23. The molecular formula is C7H5F4NO2. The Labute approximate surface area is 75.3 Å². The molecule has 0 aliphatic heterocycles. The van der Waals surface area contributed by atoms with Gasteiger partial charge in [-0.3, -0.25) is 9.78 Å². The van der Waals surface area contributed by atoms with Gasteiger partial charge in [-0.05, 0) is 13.0 Å². The molecule has 0 fully saturated rings. The summed E-state index contributed by atoms with van der Waals surface area (Å²) in [5, 5.41) is 0. The highest BCUT2D eigenvalue weighted by atomic mass is 19.4. The lowest BCUT2D eigenvalue weighted by atomic mass is 10.3. The number of halogens is 4. The van der Waals surface area contributed by atoms with E-state index >= 15 is 0 Å². The standard InChI is InChI=1S/C7H5F4NO2/c1-3-2-4(14-7(9,10)11)5(8)12-6(3)13/h2H,1H3,(H,12,13). The van der Waals surface area contributed by atoms with Crippen molar-refractivity contribution in [2.45, 2.75) is 13.3 Å². The molecule has 1 heterocycles. The van der Waals surface area contributed by atoms with Crippen molar-refractivity contribution in [1.82, 2.24) is 4.98 Å². The number of H-pyrrole nitrogens is 1. The number of pyridine rings is 1. The predicted molar refractivity (Wildman–Crippen MR) is 38.4 cm³/mol. The first-order chi connectivity index (χ1) is 6.29. The normalized spacial score (nSPS) is 11.5. The summed E-state index contributed by atoms with van der Waals surface area (Å²) in [4.78, 5) is 12.3. The minimum atomic E-state index is -4.98. The summed E-state index contributed by atoms with van der Waals surface area (Å²) in [6.45, 7) is 1.24. The summed E-state index contributed by atoms with van der Waals surface area (Å²) >= 11 is 0. The molecule has 0 saturated heterocycles. The Bertz CT molecular complexity index is 396. The molecule has 0 amide bonds. The first kappa shape index (κ1) is 10.6. The van der Waals surface area contributed by atoms with Crippen LogP contribution in [-0.4, -0.2) is 11.3 Å². The zero-order valence-corrected chi connectivity index (χ0v) is 6.91. The second-order valence-electron chi connectivity index (χ2n) is 2.51. The van der Waals surface area contributed by atoms with Gasteiger partial charge >= 0.3 is 6.36 Å². The van der Waals surface area contributed by atoms with Crippen molar-refractivity contribution < 1.29 is 22.3 Å². The van der Waals surface area contributed by atoms with Crippen LogP contribution in [0.25, 0.3) is 0 Å². The lowest BCUT2D eigenvalue weighted by Crippen LogP contribution is -2.20. The fraction of sp³-hybridized carbons (Fsp3) is 0.286. The molecule has 14 heavy (non-hydrogen) atoms. The smallest absolute Gasteiger partial charge is 0.401 e. The van der Waals surface area contributed by atoms with Gasteiger partial charge < -0.3 is 4.74 Å². The number of alkyl halides is 3. The second-order valence-corrected chi connectivity index (χ2v) is 2.51. The van der Waals surface area contributed by atoms with Crippen LogP contribution in [0.4, 0.5) is 17.6 Å². The maximum Gasteiger partial charge on any atom is 0.573 e. The Balaban J connectivity index is 3.11. The summed E-state index contributed by atoms with van der Waals surface area (Å²) in [6, 6.07) is 0.682. The third-order valence-corrected chi connectivity index (χ3v) is 1.37. The topological polar surface area (TPSA) is 42.1 Å². The van der Waals surface area contributed by atoms with Gasteiger partial charge in [0.1, 0.15) is 0 Å². The number of hydrogen-bond donors (Lipinski definition) is 1. The van der Waals surface area contributed by atoms with E-state index < -0.39 is 23.6 Å². The van der Waals surface area contributed by atoms with E-state index in [2.05, 4.69) is 4.74 Å². The van der Waals surface area contributed by atoms with Gasteiger partial charge in [0.05, 0.1) is 0 Å². The van der Waals surface area contributed by atoms with Gasteiger partial charge in [0.2, 0.25) is 5.95 Å². The average Bonchev–Trinajstić information content (AvgIpc) is 1.97.